The molecule has 8 heteroatoms. The van der Waals surface area contributed by atoms with E-state index in [1.807, 2.05) is 7.05 Å². The second kappa shape index (κ2) is 9.62. The number of hydrogen-bond donors (Lipinski definition) is 3. The Labute approximate surface area is 189 Å². The summed E-state index contributed by atoms with van der Waals surface area (Å²) in [6.45, 7) is 1.80. The maximum absolute atomic E-state index is 14.2. The van der Waals surface area contributed by atoms with E-state index in [0.29, 0.717) is 28.6 Å². The average Bonchev–Trinajstić information content (AvgIpc) is 3.34. The van der Waals surface area contributed by atoms with Crippen LogP contribution in [0.1, 0.15) is 34.6 Å². The third kappa shape index (κ3) is 4.85. The van der Waals surface area contributed by atoms with Gasteiger partial charge in [-0.05, 0) is 80.6 Å². The number of H-pyrrole nitrogens is 2. The van der Waals surface area contributed by atoms with Crippen molar-refractivity contribution in [3.05, 3.63) is 77.1 Å². The molecular formula is C25H25F3N4O. The summed E-state index contributed by atoms with van der Waals surface area (Å²) in [5.74, 6) is -1.04. The van der Waals surface area contributed by atoms with Crippen LogP contribution in [0.5, 0.6) is 0 Å². The second-order valence-corrected chi connectivity index (χ2v) is 8.35. The highest BCUT2D eigenvalue weighted by Crippen LogP contribution is 2.38. The molecule has 5 nitrogen and oxygen atoms in total. The van der Waals surface area contributed by atoms with E-state index in [-0.39, 0.29) is 5.82 Å². The van der Waals surface area contributed by atoms with Crippen LogP contribution in [0, 0.1) is 30.3 Å². The third-order valence-corrected chi connectivity index (χ3v) is 6.18. The van der Waals surface area contributed by atoms with Crippen molar-refractivity contribution in [1.82, 2.24) is 20.3 Å². The predicted octanol–water partition coefficient (Wildman–Crippen LogP) is 5.32. The van der Waals surface area contributed by atoms with E-state index in [0.717, 1.165) is 54.1 Å². The number of fused-ring (bicyclic) bond motifs is 1. The first kappa shape index (κ1) is 22.8. The minimum absolute atomic E-state index is 0.306. The number of carbonyl (C=O) groups excluding carboxylic acids is 1. The van der Waals surface area contributed by atoms with Gasteiger partial charge in [0.1, 0.15) is 23.1 Å². The fourth-order valence-corrected chi connectivity index (χ4v) is 4.26. The molecule has 3 N–H and O–H groups in total. The van der Waals surface area contributed by atoms with Crippen LogP contribution in [-0.2, 0) is 6.42 Å². The topological polar surface area (TPSA) is 73.6 Å². The van der Waals surface area contributed by atoms with E-state index >= 15 is 0 Å². The molecule has 2 aromatic carbocycles. The summed E-state index contributed by atoms with van der Waals surface area (Å²) in [4.78, 5) is 19.6. The lowest BCUT2D eigenvalue weighted by Gasteiger charge is -2.35. The standard InChI is InChI=1S/C20H19F3N2.C5H6N2O/c1-24-15-6-11(7-15)8-16-17-9-14(22)10-18(23)20(17)25-19(16)12-2-4-13(21)5-3-12;1-4-5(2-8)7-3-6-4/h2-5,9-11,15,24-25H,6-8H2,1H3;2-3H,1H3,(H,6,7). The Morgan fingerprint density at radius 3 is 2.42 bits per heavy atom. The quantitative estimate of drug-likeness (QED) is 0.357. The zero-order valence-corrected chi connectivity index (χ0v) is 18.4. The molecule has 1 saturated carbocycles. The number of hydrogen-bond acceptors (Lipinski definition) is 3. The summed E-state index contributed by atoms with van der Waals surface area (Å²) in [6.07, 6.45) is 5.06. The Morgan fingerprint density at radius 2 is 1.85 bits per heavy atom. The number of aryl methyl sites for hydroxylation is 1. The first-order valence-electron chi connectivity index (χ1n) is 10.8. The van der Waals surface area contributed by atoms with Gasteiger partial charge < -0.3 is 15.3 Å². The molecule has 33 heavy (non-hydrogen) atoms. The summed E-state index contributed by atoms with van der Waals surface area (Å²) in [6, 6.07) is 8.86. The first-order valence-corrected chi connectivity index (χ1v) is 10.8. The molecule has 4 aromatic rings. The van der Waals surface area contributed by atoms with Gasteiger partial charge in [0.25, 0.3) is 0 Å². The van der Waals surface area contributed by atoms with Gasteiger partial charge in [0.2, 0.25) is 0 Å². The normalized spacial score (nSPS) is 17.4. The number of carbonyl (C=O) groups is 1. The summed E-state index contributed by atoms with van der Waals surface area (Å²) in [7, 11) is 1.95. The molecular weight excluding hydrogens is 429 g/mol. The van der Waals surface area contributed by atoms with E-state index in [1.54, 1.807) is 19.1 Å². The van der Waals surface area contributed by atoms with Gasteiger partial charge in [-0.1, -0.05) is 0 Å². The van der Waals surface area contributed by atoms with E-state index in [4.69, 9.17) is 0 Å². The monoisotopic (exact) mass is 454 g/mol. The molecule has 0 spiro atoms. The molecule has 0 atom stereocenters. The van der Waals surface area contributed by atoms with Crippen LogP contribution >= 0.6 is 0 Å². The van der Waals surface area contributed by atoms with Crippen LogP contribution in [0.25, 0.3) is 22.2 Å². The Hall–Kier alpha value is -3.39. The van der Waals surface area contributed by atoms with Gasteiger partial charge in [0.05, 0.1) is 11.8 Å². The summed E-state index contributed by atoms with van der Waals surface area (Å²) < 4.78 is 41.3. The first-order chi connectivity index (χ1) is 15.9. The lowest BCUT2D eigenvalue weighted by Crippen LogP contribution is -2.39. The van der Waals surface area contributed by atoms with Crippen molar-refractivity contribution in [3.63, 3.8) is 0 Å². The highest BCUT2D eigenvalue weighted by atomic mass is 19.1. The van der Waals surface area contributed by atoms with Crippen molar-refractivity contribution < 1.29 is 18.0 Å². The van der Waals surface area contributed by atoms with Crippen molar-refractivity contribution in [3.8, 4) is 11.3 Å². The number of halogens is 3. The number of benzene rings is 2. The van der Waals surface area contributed by atoms with Crippen molar-refractivity contribution in [2.24, 2.45) is 5.92 Å². The van der Waals surface area contributed by atoms with Crippen LogP contribution < -0.4 is 5.32 Å². The Bertz CT molecular complexity index is 1260. The zero-order chi connectivity index (χ0) is 23.5. The minimum Gasteiger partial charge on any atom is -0.352 e. The van der Waals surface area contributed by atoms with Gasteiger partial charge in [-0.2, -0.15) is 0 Å². The Kier molecular flexibility index (Phi) is 6.65. The van der Waals surface area contributed by atoms with E-state index < -0.39 is 11.6 Å². The van der Waals surface area contributed by atoms with Gasteiger partial charge in [-0.25, -0.2) is 18.2 Å². The van der Waals surface area contributed by atoms with E-state index in [1.165, 1.54) is 24.5 Å². The number of aromatic amines is 2. The van der Waals surface area contributed by atoms with Gasteiger partial charge in [-0.15, -0.1) is 0 Å². The molecule has 1 fully saturated rings. The van der Waals surface area contributed by atoms with E-state index in [2.05, 4.69) is 20.3 Å². The van der Waals surface area contributed by atoms with Crippen molar-refractivity contribution in [1.29, 1.82) is 0 Å². The third-order valence-electron chi connectivity index (χ3n) is 6.18. The molecule has 172 valence electrons. The molecule has 1 aliphatic rings. The largest absolute Gasteiger partial charge is 0.352 e. The molecule has 0 unspecified atom stereocenters. The van der Waals surface area contributed by atoms with Crippen LogP contribution in [-0.4, -0.2) is 34.3 Å². The average molecular weight is 454 g/mol. The maximum atomic E-state index is 14.2. The summed E-state index contributed by atoms with van der Waals surface area (Å²) in [5.41, 5.74) is 4.04. The molecule has 0 saturated heterocycles. The number of aromatic nitrogens is 3. The van der Waals surface area contributed by atoms with Crippen LogP contribution in [0.3, 0.4) is 0 Å². The zero-order valence-electron chi connectivity index (χ0n) is 18.4. The molecule has 2 aromatic heterocycles. The van der Waals surface area contributed by atoms with Gasteiger partial charge in [0, 0.05) is 28.9 Å². The Balaban J connectivity index is 0.000000275. The fraction of sp³-hybridized carbons (Fsp3) is 0.280. The molecule has 0 amide bonds. The molecule has 5 rings (SSSR count). The summed E-state index contributed by atoms with van der Waals surface area (Å²) >= 11 is 0. The maximum Gasteiger partial charge on any atom is 0.170 e. The highest BCUT2D eigenvalue weighted by Gasteiger charge is 2.30. The van der Waals surface area contributed by atoms with Crippen molar-refractivity contribution >= 4 is 17.2 Å². The lowest BCUT2D eigenvalue weighted by molar-refractivity contribution is 0.111. The molecule has 2 heterocycles. The number of nitrogens with one attached hydrogen (secondary N) is 3. The van der Waals surface area contributed by atoms with Crippen LogP contribution in [0.15, 0.2) is 42.7 Å². The second-order valence-electron chi connectivity index (χ2n) is 8.35. The number of nitrogens with zero attached hydrogens (tertiary/aromatic N) is 1. The number of aldehydes is 1. The van der Waals surface area contributed by atoms with Gasteiger partial charge in [-0.3, -0.25) is 4.79 Å². The van der Waals surface area contributed by atoms with Crippen molar-refractivity contribution in [2.45, 2.75) is 32.2 Å². The summed E-state index contributed by atoms with van der Waals surface area (Å²) in [5, 5.41) is 3.82. The lowest BCUT2D eigenvalue weighted by atomic mass is 9.76. The number of imidazole rings is 1. The van der Waals surface area contributed by atoms with Crippen LogP contribution in [0.2, 0.25) is 0 Å². The minimum atomic E-state index is -0.605. The molecule has 0 aliphatic heterocycles. The molecule has 0 radical (unpaired) electrons. The fourth-order valence-electron chi connectivity index (χ4n) is 4.26. The molecule has 0 bridgehead atoms. The molecule has 1 aliphatic carbocycles. The SMILES string of the molecule is CNC1CC(Cc2c(-c3ccc(F)cc3)[nH]c3c(F)cc(F)cc23)C1.Cc1[nH]cnc1C=O. The van der Waals surface area contributed by atoms with Crippen LogP contribution in [0.4, 0.5) is 13.2 Å². The van der Waals surface area contributed by atoms with Crippen molar-refractivity contribution in [2.75, 3.05) is 7.05 Å². The van der Waals surface area contributed by atoms with Gasteiger partial charge in [0.15, 0.2) is 6.29 Å². The number of rotatable bonds is 5. The highest BCUT2D eigenvalue weighted by molar-refractivity contribution is 5.91. The smallest absolute Gasteiger partial charge is 0.170 e. The van der Waals surface area contributed by atoms with Gasteiger partial charge >= 0.3 is 0 Å². The van der Waals surface area contributed by atoms with E-state index in [9.17, 15) is 18.0 Å². The Morgan fingerprint density at radius 1 is 1.12 bits per heavy atom. The predicted molar refractivity (Wildman–Crippen MR) is 122 cm³/mol.